The van der Waals surface area contributed by atoms with Gasteiger partial charge in [0.1, 0.15) is 0 Å². The summed E-state index contributed by atoms with van der Waals surface area (Å²) in [6.45, 7) is 5.78. The van der Waals surface area contributed by atoms with Gasteiger partial charge >= 0.3 is 0 Å². The van der Waals surface area contributed by atoms with Crippen LogP contribution in [0.3, 0.4) is 0 Å². The number of methoxy groups -OCH3 is 1. The first-order valence-electron chi connectivity index (χ1n) is 9.81. The van der Waals surface area contributed by atoms with Crippen molar-refractivity contribution >= 4 is 18.3 Å². The topological polar surface area (TPSA) is 59.6 Å². The van der Waals surface area contributed by atoms with Crippen molar-refractivity contribution in [3.8, 4) is 0 Å². The van der Waals surface area contributed by atoms with Gasteiger partial charge in [0.15, 0.2) is 0 Å². The van der Waals surface area contributed by atoms with Crippen molar-refractivity contribution in [2.24, 2.45) is 11.3 Å². The molecular weight excluding hydrogens is 364 g/mol. The maximum absolute atomic E-state index is 13.0. The van der Waals surface area contributed by atoms with Gasteiger partial charge in [-0.1, -0.05) is 29.8 Å². The van der Waals surface area contributed by atoms with E-state index in [4.69, 9.17) is 9.47 Å². The third-order valence-electron chi connectivity index (χ3n) is 5.84. The minimum atomic E-state index is -0.394. The lowest BCUT2D eigenvalue weighted by Crippen LogP contribution is -2.51. The second kappa shape index (κ2) is 10.4. The van der Waals surface area contributed by atoms with Crippen molar-refractivity contribution in [1.82, 2.24) is 10.6 Å². The van der Waals surface area contributed by atoms with Gasteiger partial charge in [-0.3, -0.25) is 4.79 Å². The molecule has 2 atom stereocenters. The average molecular weight is 397 g/mol. The molecule has 1 aromatic carbocycles. The first kappa shape index (κ1) is 22.2. The number of ether oxygens (including phenoxy) is 2. The predicted octanol–water partition coefficient (Wildman–Crippen LogP) is 3.02. The number of amides is 1. The molecule has 2 saturated heterocycles. The Bertz CT molecular complexity index is 582. The summed E-state index contributed by atoms with van der Waals surface area (Å²) >= 11 is 0. The molecule has 2 unspecified atom stereocenters. The Morgan fingerprint density at radius 1 is 1.30 bits per heavy atom. The molecule has 2 heterocycles. The third-order valence-corrected chi connectivity index (χ3v) is 5.84. The standard InChI is InChI=1S/C21H32N2O3.ClH/c1-16-5-7-17(8-6-16)19-18(4-3-13-26-19)14-23-20(24)21(15-25-2)9-11-22-12-10-21;/h5-8,18-19,22H,3-4,9-15H2,1-2H3,(H,23,24);1H. The molecule has 0 bridgehead atoms. The van der Waals surface area contributed by atoms with Crippen LogP contribution in [-0.4, -0.2) is 45.9 Å². The van der Waals surface area contributed by atoms with Crippen molar-refractivity contribution in [2.75, 3.05) is 40.0 Å². The average Bonchev–Trinajstić information content (AvgIpc) is 2.68. The summed E-state index contributed by atoms with van der Waals surface area (Å²) < 4.78 is 11.5. The summed E-state index contributed by atoms with van der Waals surface area (Å²) in [4.78, 5) is 13.0. The molecule has 27 heavy (non-hydrogen) atoms. The van der Waals surface area contributed by atoms with Crippen molar-refractivity contribution in [3.05, 3.63) is 35.4 Å². The molecule has 0 radical (unpaired) electrons. The molecule has 2 aliphatic rings. The Balaban J connectivity index is 0.00000261. The highest BCUT2D eigenvalue weighted by Gasteiger charge is 2.40. The first-order chi connectivity index (χ1) is 12.6. The monoisotopic (exact) mass is 396 g/mol. The van der Waals surface area contributed by atoms with E-state index in [1.807, 2.05) is 0 Å². The lowest BCUT2D eigenvalue weighted by Gasteiger charge is -2.37. The van der Waals surface area contributed by atoms with Gasteiger partial charge in [0.25, 0.3) is 0 Å². The molecule has 3 rings (SSSR count). The van der Waals surface area contributed by atoms with E-state index in [1.54, 1.807) is 7.11 Å². The normalized spacial score (nSPS) is 24.7. The van der Waals surface area contributed by atoms with Crippen LogP contribution in [0.25, 0.3) is 0 Å². The summed E-state index contributed by atoms with van der Waals surface area (Å²) in [6.07, 6.45) is 3.86. The summed E-state index contributed by atoms with van der Waals surface area (Å²) in [5, 5.41) is 6.57. The molecule has 2 fully saturated rings. The van der Waals surface area contributed by atoms with Gasteiger partial charge in [0.05, 0.1) is 18.1 Å². The Morgan fingerprint density at radius 3 is 2.67 bits per heavy atom. The van der Waals surface area contributed by atoms with E-state index < -0.39 is 5.41 Å². The van der Waals surface area contributed by atoms with E-state index in [1.165, 1.54) is 11.1 Å². The SMILES string of the molecule is COCC1(C(=O)NCC2CCCOC2c2ccc(C)cc2)CCNCC1.Cl. The van der Waals surface area contributed by atoms with E-state index in [0.717, 1.165) is 45.4 Å². The van der Waals surface area contributed by atoms with E-state index in [-0.39, 0.29) is 24.4 Å². The number of hydrogen-bond acceptors (Lipinski definition) is 4. The summed E-state index contributed by atoms with van der Waals surface area (Å²) in [7, 11) is 1.68. The van der Waals surface area contributed by atoms with E-state index in [2.05, 4.69) is 41.8 Å². The van der Waals surface area contributed by atoms with Crippen molar-refractivity contribution in [2.45, 2.75) is 38.7 Å². The second-order valence-electron chi connectivity index (χ2n) is 7.78. The van der Waals surface area contributed by atoms with Gasteiger partial charge in [0, 0.05) is 26.2 Å². The van der Waals surface area contributed by atoms with Crippen molar-refractivity contribution in [3.63, 3.8) is 0 Å². The molecule has 152 valence electrons. The van der Waals surface area contributed by atoms with Gasteiger partial charge in [-0.25, -0.2) is 0 Å². The van der Waals surface area contributed by atoms with Crippen LogP contribution in [0.1, 0.15) is 42.9 Å². The summed E-state index contributed by atoms with van der Waals surface area (Å²) in [5.41, 5.74) is 2.07. The maximum Gasteiger partial charge on any atom is 0.228 e. The van der Waals surface area contributed by atoms with Gasteiger partial charge in [-0.2, -0.15) is 0 Å². The molecule has 2 N–H and O–H groups in total. The number of carbonyl (C=O) groups is 1. The summed E-state index contributed by atoms with van der Waals surface area (Å²) in [5.74, 6) is 0.450. The van der Waals surface area contributed by atoms with Crippen LogP contribution < -0.4 is 10.6 Å². The third kappa shape index (κ3) is 5.44. The minimum absolute atomic E-state index is 0. The molecule has 0 aliphatic carbocycles. The van der Waals surface area contributed by atoms with Crippen LogP contribution in [0.15, 0.2) is 24.3 Å². The maximum atomic E-state index is 13.0. The molecule has 2 aliphatic heterocycles. The minimum Gasteiger partial charge on any atom is -0.384 e. The van der Waals surface area contributed by atoms with Crippen LogP contribution in [0, 0.1) is 18.3 Å². The Hall–Kier alpha value is -1.14. The Morgan fingerprint density at radius 2 is 2.00 bits per heavy atom. The van der Waals surface area contributed by atoms with Crippen LogP contribution in [0.2, 0.25) is 0 Å². The van der Waals surface area contributed by atoms with E-state index >= 15 is 0 Å². The van der Waals surface area contributed by atoms with Crippen molar-refractivity contribution < 1.29 is 14.3 Å². The van der Waals surface area contributed by atoms with Crippen LogP contribution in [0.5, 0.6) is 0 Å². The van der Waals surface area contributed by atoms with Crippen LogP contribution in [-0.2, 0) is 14.3 Å². The number of carbonyl (C=O) groups excluding carboxylic acids is 1. The molecule has 1 aromatic rings. The largest absolute Gasteiger partial charge is 0.384 e. The highest BCUT2D eigenvalue weighted by atomic mass is 35.5. The fourth-order valence-corrected chi connectivity index (χ4v) is 4.21. The molecule has 6 heteroatoms. The number of nitrogens with one attached hydrogen (secondary N) is 2. The van der Waals surface area contributed by atoms with Gasteiger partial charge in [0.2, 0.25) is 5.91 Å². The summed E-state index contributed by atoms with van der Waals surface area (Å²) in [6, 6.07) is 8.57. The smallest absolute Gasteiger partial charge is 0.228 e. The zero-order chi connectivity index (χ0) is 18.4. The first-order valence-corrected chi connectivity index (χ1v) is 9.81. The molecule has 1 amide bonds. The van der Waals surface area contributed by atoms with E-state index in [9.17, 15) is 4.79 Å². The number of halogens is 1. The van der Waals surface area contributed by atoms with E-state index in [0.29, 0.717) is 19.1 Å². The fraction of sp³-hybridized carbons (Fsp3) is 0.667. The highest BCUT2D eigenvalue weighted by molar-refractivity contribution is 5.85. The zero-order valence-electron chi connectivity index (χ0n) is 16.5. The van der Waals surface area contributed by atoms with Crippen LogP contribution in [0.4, 0.5) is 0 Å². The van der Waals surface area contributed by atoms with Gasteiger partial charge in [-0.15, -0.1) is 12.4 Å². The predicted molar refractivity (Wildman–Crippen MR) is 109 cm³/mol. The number of benzene rings is 1. The number of aryl methyl sites for hydroxylation is 1. The Kier molecular flexibility index (Phi) is 8.55. The number of hydrogen-bond donors (Lipinski definition) is 2. The van der Waals surface area contributed by atoms with Crippen molar-refractivity contribution in [1.29, 1.82) is 0 Å². The quantitative estimate of drug-likeness (QED) is 0.776. The molecule has 0 aromatic heterocycles. The highest BCUT2D eigenvalue weighted by Crippen LogP contribution is 2.34. The molecule has 0 saturated carbocycles. The Labute approximate surface area is 169 Å². The lowest BCUT2D eigenvalue weighted by atomic mass is 9.78. The second-order valence-corrected chi connectivity index (χ2v) is 7.78. The fourth-order valence-electron chi connectivity index (χ4n) is 4.21. The molecule has 5 nitrogen and oxygen atoms in total. The molecular formula is C21H33ClN2O3. The van der Waals surface area contributed by atoms with Gasteiger partial charge in [-0.05, 0) is 51.3 Å². The molecule has 0 spiro atoms. The zero-order valence-corrected chi connectivity index (χ0v) is 17.3. The number of rotatable bonds is 6. The van der Waals surface area contributed by atoms with Crippen LogP contribution >= 0.6 is 12.4 Å². The van der Waals surface area contributed by atoms with Gasteiger partial charge < -0.3 is 20.1 Å². The lowest BCUT2D eigenvalue weighted by molar-refractivity contribution is -0.137. The number of piperidine rings is 1.